The lowest BCUT2D eigenvalue weighted by atomic mass is 10.2. The van der Waals surface area contributed by atoms with Gasteiger partial charge in [0.2, 0.25) is 11.8 Å². The van der Waals surface area contributed by atoms with Crippen molar-refractivity contribution in [3.63, 3.8) is 0 Å². The molecule has 1 unspecified atom stereocenters. The molecule has 0 radical (unpaired) electrons. The summed E-state index contributed by atoms with van der Waals surface area (Å²) >= 11 is 1.25. The number of anilines is 2. The smallest absolute Gasteiger partial charge is 0.240 e. The van der Waals surface area contributed by atoms with E-state index in [0.29, 0.717) is 22.4 Å². The van der Waals surface area contributed by atoms with Crippen molar-refractivity contribution >= 4 is 45.8 Å². The van der Waals surface area contributed by atoms with Gasteiger partial charge in [-0.2, -0.15) is 0 Å². The molecule has 1 aliphatic heterocycles. The SMILES string of the molecule is COc1ccc(NC(=O)CC2SC(=Nc3ccc(N(C)C)cc3)NC2=O)cc1OC. The van der Waals surface area contributed by atoms with E-state index in [-0.39, 0.29) is 18.2 Å². The van der Waals surface area contributed by atoms with E-state index in [2.05, 4.69) is 15.6 Å². The minimum Gasteiger partial charge on any atom is -0.493 e. The van der Waals surface area contributed by atoms with Crippen molar-refractivity contribution in [2.24, 2.45) is 4.99 Å². The van der Waals surface area contributed by atoms with Gasteiger partial charge in [0.25, 0.3) is 0 Å². The number of hydrogen-bond donors (Lipinski definition) is 2. The molecule has 0 saturated carbocycles. The summed E-state index contributed by atoms with van der Waals surface area (Å²) in [5, 5.41) is 5.47. The van der Waals surface area contributed by atoms with E-state index in [1.807, 2.05) is 43.3 Å². The van der Waals surface area contributed by atoms with Crippen LogP contribution in [0.3, 0.4) is 0 Å². The molecule has 2 N–H and O–H groups in total. The number of ether oxygens (including phenoxy) is 2. The van der Waals surface area contributed by atoms with Crippen LogP contribution in [0.2, 0.25) is 0 Å². The Bertz CT molecular complexity index is 960. The average Bonchev–Trinajstić information content (AvgIpc) is 3.06. The number of amidine groups is 1. The fourth-order valence-electron chi connectivity index (χ4n) is 2.83. The minimum atomic E-state index is -0.537. The highest BCUT2D eigenvalue weighted by molar-refractivity contribution is 8.15. The fraction of sp³-hybridized carbons (Fsp3) is 0.286. The van der Waals surface area contributed by atoms with Crippen LogP contribution in [-0.4, -0.2) is 50.5 Å². The van der Waals surface area contributed by atoms with E-state index in [4.69, 9.17) is 9.47 Å². The van der Waals surface area contributed by atoms with Crippen LogP contribution in [0.1, 0.15) is 6.42 Å². The van der Waals surface area contributed by atoms with Crippen molar-refractivity contribution in [1.29, 1.82) is 0 Å². The molecule has 0 aromatic heterocycles. The maximum absolute atomic E-state index is 12.4. The van der Waals surface area contributed by atoms with E-state index < -0.39 is 5.25 Å². The van der Waals surface area contributed by atoms with Crippen LogP contribution < -0.4 is 25.0 Å². The zero-order valence-electron chi connectivity index (χ0n) is 17.3. The summed E-state index contributed by atoms with van der Waals surface area (Å²) in [4.78, 5) is 31.1. The lowest BCUT2D eigenvalue weighted by Gasteiger charge is -2.11. The van der Waals surface area contributed by atoms with E-state index in [0.717, 1.165) is 11.4 Å². The van der Waals surface area contributed by atoms with Gasteiger partial charge in [-0.15, -0.1) is 0 Å². The van der Waals surface area contributed by atoms with Gasteiger partial charge in [-0.3, -0.25) is 9.59 Å². The Morgan fingerprint density at radius 2 is 1.83 bits per heavy atom. The van der Waals surface area contributed by atoms with Crippen LogP contribution in [0.15, 0.2) is 47.5 Å². The number of nitrogens with one attached hydrogen (secondary N) is 2. The standard InChI is InChI=1S/C21H24N4O4S/c1-25(2)15-8-5-13(6-9-15)23-21-24-20(27)18(30-21)12-19(26)22-14-7-10-16(28-3)17(11-14)29-4/h5-11,18H,12H2,1-4H3,(H,22,26)(H,23,24,27). The first kappa shape index (κ1) is 21.5. The lowest BCUT2D eigenvalue weighted by molar-refractivity contribution is -0.122. The number of aliphatic imine (C=N–C) groups is 1. The number of benzene rings is 2. The Kier molecular flexibility index (Phi) is 6.83. The lowest BCUT2D eigenvalue weighted by Crippen LogP contribution is -2.28. The molecular formula is C21H24N4O4S. The third-order valence-corrected chi connectivity index (χ3v) is 5.49. The third-order valence-electron chi connectivity index (χ3n) is 4.41. The molecule has 3 rings (SSSR count). The van der Waals surface area contributed by atoms with Gasteiger partial charge in [0.1, 0.15) is 5.25 Å². The Morgan fingerprint density at radius 1 is 1.13 bits per heavy atom. The zero-order chi connectivity index (χ0) is 21.7. The average molecular weight is 429 g/mol. The third kappa shape index (κ3) is 5.24. The molecule has 9 heteroatoms. The highest BCUT2D eigenvalue weighted by Gasteiger charge is 2.32. The van der Waals surface area contributed by atoms with Gasteiger partial charge < -0.3 is 25.0 Å². The van der Waals surface area contributed by atoms with E-state index in [9.17, 15) is 9.59 Å². The molecule has 2 aromatic rings. The number of amides is 2. The van der Waals surface area contributed by atoms with Crippen LogP contribution >= 0.6 is 11.8 Å². The van der Waals surface area contributed by atoms with E-state index in [1.165, 1.54) is 18.9 Å². The molecule has 1 heterocycles. The molecule has 2 amide bonds. The highest BCUT2D eigenvalue weighted by Crippen LogP contribution is 2.30. The van der Waals surface area contributed by atoms with Gasteiger partial charge in [0.05, 0.1) is 19.9 Å². The maximum Gasteiger partial charge on any atom is 0.240 e. The van der Waals surface area contributed by atoms with Crippen molar-refractivity contribution in [3.05, 3.63) is 42.5 Å². The molecular weight excluding hydrogens is 404 g/mol. The van der Waals surface area contributed by atoms with Crippen LogP contribution in [0.4, 0.5) is 17.1 Å². The van der Waals surface area contributed by atoms with Gasteiger partial charge >= 0.3 is 0 Å². The van der Waals surface area contributed by atoms with Crippen molar-refractivity contribution in [1.82, 2.24) is 5.32 Å². The Balaban J connectivity index is 1.60. The Labute approximate surface area is 179 Å². The summed E-state index contributed by atoms with van der Waals surface area (Å²) in [6.45, 7) is 0. The summed E-state index contributed by atoms with van der Waals surface area (Å²) in [5.41, 5.74) is 2.36. The first-order chi connectivity index (χ1) is 14.4. The molecule has 30 heavy (non-hydrogen) atoms. The molecule has 1 fully saturated rings. The molecule has 0 spiro atoms. The first-order valence-electron chi connectivity index (χ1n) is 9.25. The second kappa shape index (κ2) is 9.53. The minimum absolute atomic E-state index is 0.0312. The van der Waals surface area contributed by atoms with Crippen LogP contribution in [0.5, 0.6) is 11.5 Å². The molecule has 0 aliphatic carbocycles. The normalized spacial score (nSPS) is 16.9. The number of carbonyl (C=O) groups excluding carboxylic acids is 2. The number of hydrogen-bond acceptors (Lipinski definition) is 7. The van der Waals surface area contributed by atoms with Gasteiger partial charge in [-0.1, -0.05) is 11.8 Å². The summed E-state index contributed by atoms with van der Waals surface area (Å²) < 4.78 is 10.4. The topological polar surface area (TPSA) is 92.3 Å². The number of nitrogens with zero attached hydrogens (tertiary/aromatic N) is 2. The van der Waals surface area contributed by atoms with E-state index in [1.54, 1.807) is 25.3 Å². The molecule has 8 nitrogen and oxygen atoms in total. The summed E-state index contributed by atoms with van der Waals surface area (Å²) in [6, 6.07) is 12.8. The zero-order valence-corrected chi connectivity index (χ0v) is 18.1. The van der Waals surface area contributed by atoms with Gasteiger partial charge in [0, 0.05) is 38.0 Å². The number of rotatable bonds is 7. The largest absolute Gasteiger partial charge is 0.493 e. The van der Waals surface area contributed by atoms with Crippen molar-refractivity contribution in [3.8, 4) is 11.5 Å². The molecule has 0 bridgehead atoms. The molecule has 1 aliphatic rings. The molecule has 158 valence electrons. The number of methoxy groups -OCH3 is 2. The monoisotopic (exact) mass is 428 g/mol. The van der Waals surface area contributed by atoms with Gasteiger partial charge in [-0.25, -0.2) is 4.99 Å². The quantitative estimate of drug-likeness (QED) is 0.704. The van der Waals surface area contributed by atoms with Crippen LogP contribution in [0.25, 0.3) is 0 Å². The van der Waals surface area contributed by atoms with Crippen LogP contribution in [0, 0.1) is 0 Å². The second-order valence-electron chi connectivity index (χ2n) is 6.75. The summed E-state index contributed by atoms with van der Waals surface area (Å²) in [6.07, 6.45) is 0.0312. The Morgan fingerprint density at radius 3 is 2.47 bits per heavy atom. The Hall–Kier alpha value is -3.20. The predicted octanol–water partition coefficient (Wildman–Crippen LogP) is 3.02. The predicted molar refractivity (Wildman–Crippen MR) is 120 cm³/mol. The summed E-state index contributed by atoms with van der Waals surface area (Å²) in [7, 11) is 7.00. The second-order valence-corrected chi connectivity index (χ2v) is 7.94. The van der Waals surface area contributed by atoms with Crippen molar-refractivity contribution in [2.75, 3.05) is 38.5 Å². The number of carbonyl (C=O) groups is 2. The highest BCUT2D eigenvalue weighted by atomic mass is 32.2. The van der Waals surface area contributed by atoms with Gasteiger partial charge in [-0.05, 0) is 36.4 Å². The van der Waals surface area contributed by atoms with Crippen molar-refractivity contribution < 1.29 is 19.1 Å². The summed E-state index contributed by atoms with van der Waals surface area (Å²) in [5.74, 6) is 0.580. The molecule has 1 atom stereocenters. The van der Waals surface area contributed by atoms with Gasteiger partial charge in [0.15, 0.2) is 16.7 Å². The van der Waals surface area contributed by atoms with Crippen molar-refractivity contribution in [2.45, 2.75) is 11.7 Å². The maximum atomic E-state index is 12.4. The first-order valence-corrected chi connectivity index (χ1v) is 10.1. The number of thioether (sulfide) groups is 1. The molecule has 2 aromatic carbocycles. The molecule has 1 saturated heterocycles. The van der Waals surface area contributed by atoms with Crippen LogP contribution in [-0.2, 0) is 9.59 Å². The fourth-order valence-corrected chi connectivity index (χ4v) is 3.82. The van der Waals surface area contributed by atoms with E-state index >= 15 is 0 Å².